The van der Waals surface area contributed by atoms with Crippen LogP contribution in [0.2, 0.25) is 0 Å². The molecule has 1 spiro atoms. The average molecular weight is 687 g/mol. The van der Waals surface area contributed by atoms with Crippen LogP contribution in [-0.2, 0) is 38.8 Å². The van der Waals surface area contributed by atoms with Crippen molar-refractivity contribution in [3.05, 3.63) is 94.5 Å². The highest BCUT2D eigenvalue weighted by Gasteiger charge is 2.75. The monoisotopic (exact) mass is 686 g/mol. The zero-order valence-electron chi connectivity index (χ0n) is 28.4. The van der Waals surface area contributed by atoms with Gasteiger partial charge in [0, 0.05) is 37.1 Å². The Kier molecular flexibility index (Phi) is 8.62. The van der Waals surface area contributed by atoms with E-state index in [9.17, 15) is 27.9 Å². The maximum atomic E-state index is 14.0. The largest absolute Gasteiger partial charge is 0.504 e. The molecule has 1 saturated carbocycles. The normalized spacial score (nSPS) is 26.3. The van der Waals surface area contributed by atoms with E-state index >= 15 is 0 Å². The van der Waals surface area contributed by atoms with Crippen LogP contribution in [0.4, 0.5) is 13.2 Å². The highest BCUT2D eigenvalue weighted by atomic mass is 19.4. The molecule has 0 radical (unpaired) electrons. The van der Waals surface area contributed by atoms with Crippen molar-refractivity contribution in [1.82, 2.24) is 9.80 Å². The number of ether oxygens (including phenoxy) is 2. The summed E-state index contributed by atoms with van der Waals surface area (Å²) in [5, 5.41) is 11.2. The van der Waals surface area contributed by atoms with E-state index in [2.05, 4.69) is 28.9 Å². The summed E-state index contributed by atoms with van der Waals surface area (Å²) in [5.74, 6) is 5.10. The molecular weight excluding hydrogens is 645 g/mol. The van der Waals surface area contributed by atoms with Crippen LogP contribution in [-0.4, -0.2) is 70.2 Å². The molecule has 5 atom stereocenters. The lowest BCUT2D eigenvalue weighted by atomic mass is 9.48. The predicted molar refractivity (Wildman–Crippen MR) is 180 cm³/mol. The molecule has 7 nitrogen and oxygen atoms in total. The summed E-state index contributed by atoms with van der Waals surface area (Å²) in [6, 6.07) is 17.7. The minimum Gasteiger partial charge on any atom is -0.504 e. The van der Waals surface area contributed by atoms with E-state index in [1.165, 1.54) is 24.6 Å². The maximum absolute atomic E-state index is 14.0. The zero-order chi connectivity index (χ0) is 35.4. The molecule has 2 fully saturated rings. The Morgan fingerprint density at radius 2 is 1.82 bits per heavy atom. The van der Waals surface area contributed by atoms with E-state index in [-0.39, 0.29) is 23.7 Å². The molecule has 7 rings (SSSR count). The number of esters is 1. The fourth-order valence-corrected chi connectivity index (χ4v) is 9.25. The highest BCUT2D eigenvalue weighted by molar-refractivity contribution is 5.94. The minimum atomic E-state index is -4.47. The molecule has 0 aromatic heterocycles. The Bertz CT molecular complexity index is 1850. The number of carbonyl (C=O) groups is 2. The van der Waals surface area contributed by atoms with Gasteiger partial charge in [-0.15, -0.1) is 0 Å². The zero-order valence-corrected chi connectivity index (χ0v) is 28.4. The molecule has 2 bridgehead atoms. The fraction of sp³-hybridized carbons (Fsp3) is 0.450. The molecule has 3 aromatic rings. The standard InChI is InChI=1S/C40H41F3N2O5/c1-25(2)24-45(34(48)16-11-28-9-13-30(14-10-28)40(41,42)43)31-17-19-39(50-26(3)46)33-23-29-12-15-32(47)36-35(29)38(39,37(31)49-36)20-22-44(33)21-18-27-7-5-4-6-8-27/h4-10,12-15,25,31,33,37,47H,17-24H2,1-3H3/t31-,33+,37-,38-,39+/m0/s1. The van der Waals surface area contributed by atoms with Gasteiger partial charge in [0.05, 0.1) is 23.1 Å². The number of piperidine rings is 1. The number of hydrogen-bond donors (Lipinski definition) is 1. The number of halogens is 3. The molecule has 1 amide bonds. The van der Waals surface area contributed by atoms with Gasteiger partial charge >= 0.3 is 12.1 Å². The van der Waals surface area contributed by atoms with Crippen LogP contribution in [0.15, 0.2) is 66.7 Å². The van der Waals surface area contributed by atoms with Crippen LogP contribution < -0.4 is 4.74 Å². The molecule has 1 saturated heterocycles. The summed E-state index contributed by atoms with van der Waals surface area (Å²) < 4.78 is 52.7. The van der Waals surface area contributed by atoms with Gasteiger partial charge in [0.2, 0.25) is 0 Å². The number of carbonyl (C=O) groups excluding carboxylic acids is 2. The topological polar surface area (TPSA) is 79.3 Å². The van der Waals surface area contributed by atoms with E-state index in [4.69, 9.17) is 9.47 Å². The Hall–Kier alpha value is -4.49. The van der Waals surface area contributed by atoms with Crippen molar-refractivity contribution in [2.45, 2.75) is 88.3 Å². The number of phenols is 1. The van der Waals surface area contributed by atoms with Gasteiger partial charge in [-0.3, -0.25) is 14.5 Å². The SMILES string of the molecule is CC(=O)O[C@@]12CC[C@H](N(CC(C)C)C(=O)C#Cc3ccc(C(F)(F)F)cc3)[C@@H]3Oc4c(O)ccc5c4[C@@]31CCN(CCc1ccccc1)[C@@H]2C5. The van der Waals surface area contributed by atoms with Gasteiger partial charge in [-0.1, -0.05) is 56.2 Å². The van der Waals surface area contributed by atoms with Gasteiger partial charge in [0.1, 0.15) is 11.7 Å². The van der Waals surface area contributed by atoms with Crippen LogP contribution in [0.3, 0.4) is 0 Å². The molecule has 262 valence electrons. The second-order valence-electron chi connectivity index (χ2n) is 14.5. The maximum Gasteiger partial charge on any atom is 0.416 e. The van der Waals surface area contributed by atoms with Gasteiger partial charge in [-0.2, -0.15) is 13.2 Å². The number of hydrogen-bond acceptors (Lipinski definition) is 6. The van der Waals surface area contributed by atoms with Crippen molar-refractivity contribution in [1.29, 1.82) is 0 Å². The average Bonchev–Trinajstić information content (AvgIpc) is 3.43. The molecular formula is C40H41F3N2O5. The lowest BCUT2D eigenvalue weighted by Gasteiger charge is -2.65. The third kappa shape index (κ3) is 5.60. The van der Waals surface area contributed by atoms with E-state index < -0.39 is 40.8 Å². The minimum absolute atomic E-state index is 0.0109. The van der Waals surface area contributed by atoms with Crippen molar-refractivity contribution in [2.75, 3.05) is 19.6 Å². The van der Waals surface area contributed by atoms with Crippen LogP contribution in [0.25, 0.3) is 0 Å². The first-order valence-electron chi connectivity index (χ1n) is 17.3. The first-order valence-corrected chi connectivity index (χ1v) is 17.3. The Morgan fingerprint density at radius 3 is 2.50 bits per heavy atom. The highest BCUT2D eigenvalue weighted by Crippen LogP contribution is 2.67. The molecule has 2 aliphatic carbocycles. The summed E-state index contributed by atoms with van der Waals surface area (Å²) in [4.78, 5) is 31.3. The van der Waals surface area contributed by atoms with Crippen LogP contribution in [0.1, 0.15) is 67.9 Å². The molecule has 50 heavy (non-hydrogen) atoms. The van der Waals surface area contributed by atoms with E-state index in [1.807, 2.05) is 38.1 Å². The number of aromatic hydroxyl groups is 1. The van der Waals surface area contributed by atoms with Crippen LogP contribution >= 0.6 is 0 Å². The number of nitrogens with zero attached hydrogens (tertiary/aromatic N) is 2. The van der Waals surface area contributed by atoms with Gasteiger partial charge in [-0.05, 0) is 86.0 Å². The lowest BCUT2D eigenvalue weighted by Crippen LogP contribution is -2.79. The molecule has 1 N–H and O–H groups in total. The number of rotatable bonds is 7. The summed E-state index contributed by atoms with van der Waals surface area (Å²) in [7, 11) is 0. The van der Waals surface area contributed by atoms with Gasteiger partial charge < -0.3 is 19.5 Å². The molecule has 4 aliphatic rings. The fourth-order valence-electron chi connectivity index (χ4n) is 9.25. The molecule has 0 unspecified atom stereocenters. The van der Waals surface area contributed by atoms with Crippen molar-refractivity contribution >= 4 is 11.9 Å². The number of likely N-dealkylation sites (tertiary alicyclic amines) is 1. The smallest absolute Gasteiger partial charge is 0.416 e. The quantitative estimate of drug-likeness (QED) is 0.233. The number of amides is 1. The van der Waals surface area contributed by atoms with Crippen LogP contribution in [0.5, 0.6) is 11.5 Å². The van der Waals surface area contributed by atoms with Crippen molar-refractivity contribution in [2.24, 2.45) is 5.92 Å². The number of phenolic OH excluding ortho intramolecular Hbond substituents is 1. The number of alkyl halides is 3. The van der Waals surface area contributed by atoms with Gasteiger partial charge in [-0.25, -0.2) is 0 Å². The molecule has 2 heterocycles. The third-order valence-electron chi connectivity index (χ3n) is 11.1. The van der Waals surface area contributed by atoms with Crippen molar-refractivity contribution in [3.63, 3.8) is 0 Å². The Balaban J connectivity index is 1.28. The number of benzene rings is 3. The molecule has 2 aliphatic heterocycles. The molecule has 10 heteroatoms. The van der Waals surface area contributed by atoms with E-state index in [0.717, 1.165) is 36.2 Å². The lowest BCUT2D eigenvalue weighted by molar-refractivity contribution is -0.224. The van der Waals surface area contributed by atoms with Gasteiger partial charge in [0.25, 0.3) is 5.91 Å². The Labute approximate surface area is 290 Å². The first-order chi connectivity index (χ1) is 23.8. The summed E-state index contributed by atoms with van der Waals surface area (Å²) in [5.41, 5.74) is 0.869. The summed E-state index contributed by atoms with van der Waals surface area (Å²) >= 11 is 0. The Morgan fingerprint density at radius 1 is 1.08 bits per heavy atom. The van der Waals surface area contributed by atoms with Gasteiger partial charge in [0.15, 0.2) is 11.5 Å². The third-order valence-corrected chi connectivity index (χ3v) is 11.1. The summed E-state index contributed by atoms with van der Waals surface area (Å²) in [6.07, 6.45) is -2.10. The first kappa shape index (κ1) is 34.0. The van der Waals surface area contributed by atoms with E-state index in [1.54, 1.807) is 11.0 Å². The second-order valence-corrected chi connectivity index (χ2v) is 14.5. The van der Waals surface area contributed by atoms with Crippen molar-refractivity contribution < 1.29 is 37.3 Å². The summed E-state index contributed by atoms with van der Waals surface area (Å²) in [6.45, 7) is 7.31. The molecule has 3 aromatic carbocycles. The van der Waals surface area contributed by atoms with Crippen LogP contribution in [0, 0.1) is 17.8 Å². The van der Waals surface area contributed by atoms with Crippen molar-refractivity contribution in [3.8, 4) is 23.3 Å². The predicted octanol–water partition coefficient (Wildman–Crippen LogP) is 6.28. The van der Waals surface area contributed by atoms with E-state index in [0.29, 0.717) is 50.1 Å². The second kappa shape index (κ2) is 12.7.